The molecule has 0 radical (unpaired) electrons. The lowest BCUT2D eigenvalue weighted by atomic mass is 9.97. The summed E-state index contributed by atoms with van der Waals surface area (Å²) in [6, 6.07) is 3.01. The Labute approximate surface area is 168 Å². The van der Waals surface area contributed by atoms with Gasteiger partial charge in [-0.1, -0.05) is 13.8 Å². The van der Waals surface area contributed by atoms with E-state index in [9.17, 15) is 23.5 Å². The number of carboxylic acids is 1. The number of carboxylic acid groups (broad SMARTS) is 1. The molecule has 9 heteroatoms. The molecular formula is C20H27F2N3O4. The minimum Gasteiger partial charge on any atom is -0.481 e. The van der Waals surface area contributed by atoms with Crippen LogP contribution in [0.1, 0.15) is 43.6 Å². The fourth-order valence-electron chi connectivity index (χ4n) is 3.22. The van der Waals surface area contributed by atoms with Gasteiger partial charge < -0.3 is 20.1 Å². The average molecular weight is 411 g/mol. The van der Waals surface area contributed by atoms with Gasteiger partial charge in [0.1, 0.15) is 11.4 Å². The number of alkyl halides is 2. The summed E-state index contributed by atoms with van der Waals surface area (Å²) in [4.78, 5) is 29.5. The van der Waals surface area contributed by atoms with Gasteiger partial charge in [0.2, 0.25) is 5.88 Å². The molecule has 1 aliphatic heterocycles. The van der Waals surface area contributed by atoms with Crippen molar-refractivity contribution in [1.29, 1.82) is 0 Å². The fourth-order valence-corrected chi connectivity index (χ4v) is 3.22. The van der Waals surface area contributed by atoms with Crippen LogP contribution < -0.4 is 15.0 Å². The minimum atomic E-state index is -2.73. The highest BCUT2D eigenvalue weighted by Gasteiger charge is 2.45. The zero-order valence-electron chi connectivity index (χ0n) is 16.7. The lowest BCUT2D eigenvalue weighted by Gasteiger charge is -2.40. The number of hydrogen-bond donors (Lipinski definition) is 2. The Balaban J connectivity index is 1.68. The maximum absolute atomic E-state index is 13.3. The second-order valence-electron chi connectivity index (χ2n) is 8.36. The van der Waals surface area contributed by atoms with E-state index in [1.165, 1.54) is 11.0 Å². The predicted octanol–water partition coefficient (Wildman–Crippen LogP) is 2.80. The molecule has 1 saturated heterocycles. The van der Waals surface area contributed by atoms with Gasteiger partial charge >= 0.3 is 5.97 Å². The number of anilines is 1. The largest absolute Gasteiger partial charge is 0.481 e. The number of nitrogens with zero attached hydrogens (tertiary/aromatic N) is 2. The summed E-state index contributed by atoms with van der Waals surface area (Å²) >= 11 is 0. The van der Waals surface area contributed by atoms with Crippen LogP contribution >= 0.6 is 0 Å². The van der Waals surface area contributed by atoms with Crippen molar-refractivity contribution in [3.8, 4) is 5.88 Å². The van der Waals surface area contributed by atoms with Crippen molar-refractivity contribution < 1.29 is 28.2 Å². The first-order valence-corrected chi connectivity index (χ1v) is 9.92. The molecule has 1 aromatic rings. The second-order valence-corrected chi connectivity index (χ2v) is 8.36. The Morgan fingerprint density at radius 3 is 2.59 bits per heavy atom. The number of hydrogen-bond acceptors (Lipinski definition) is 5. The molecule has 1 atom stereocenters. The van der Waals surface area contributed by atoms with Crippen molar-refractivity contribution in [2.75, 3.05) is 31.1 Å². The van der Waals surface area contributed by atoms with E-state index in [0.717, 1.165) is 12.8 Å². The van der Waals surface area contributed by atoms with E-state index in [-0.39, 0.29) is 24.0 Å². The normalized spacial score (nSPS) is 18.9. The number of ether oxygens (including phenoxy) is 1. The van der Waals surface area contributed by atoms with Crippen LogP contribution in [0.5, 0.6) is 5.88 Å². The van der Waals surface area contributed by atoms with Crippen molar-refractivity contribution >= 4 is 17.6 Å². The van der Waals surface area contributed by atoms with Crippen LogP contribution in [0.4, 0.5) is 14.5 Å². The lowest BCUT2D eigenvalue weighted by molar-refractivity contribution is -0.142. The van der Waals surface area contributed by atoms with Crippen molar-refractivity contribution in [1.82, 2.24) is 10.3 Å². The van der Waals surface area contributed by atoms with Crippen molar-refractivity contribution in [2.24, 2.45) is 17.8 Å². The van der Waals surface area contributed by atoms with Gasteiger partial charge in [-0.05, 0) is 43.2 Å². The van der Waals surface area contributed by atoms with Crippen LogP contribution in [-0.2, 0) is 4.79 Å². The highest BCUT2D eigenvalue weighted by molar-refractivity contribution is 5.93. The topological polar surface area (TPSA) is 91.8 Å². The van der Waals surface area contributed by atoms with E-state index in [1.54, 1.807) is 6.07 Å². The Morgan fingerprint density at radius 2 is 2.03 bits per heavy atom. The Hall–Kier alpha value is -2.45. The predicted molar refractivity (Wildman–Crippen MR) is 103 cm³/mol. The number of amides is 1. The molecule has 0 bridgehead atoms. The molecule has 0 aromatic carbocycles. The Bertz CT molecular complexity index is 760. The van der Waals surface area contributed by atoms with E-state index >= 15 is 0 Å². The third-order valence-electron chi connectivity index (χ3n) is 5.02. The highest BCUT2D eigenvalue weighted by Crippen LogP contribution is 2.37. The number of pyridine rings is 1. The third-order valence-corrected chi connectivity index (χ3v) is 5.02. The Kier molecular flexibility index (Phi) is 6.24. The molecule has 0 spiro atoms. The summed E-state index contributed by atoms with van der Waals surface area (Å²) in [7, 11) is 0. The van der Waals surface area contributed by atoms with Gasteiger partial charge in [-0.15, -0.1) is 0 Å². The van der Waals surface area contributed by atoms with Crippen LogP contribution in [0.2, 0.25) is 0 Å². The third kappa shape index (κ3) is 5.77. The number of halogens is 2. The molecule has 7 nitrogen and oxygen atoms in total. The molecule has 1 saturated carbocycles. The molecule has 2 N–H and O–H groups in total. The van der Waals surface area contributed by atoms with Crippen LogP contribution in [0.3, 0.4) is 0 Å². The molecule has 1 amide bonds. The van der Waals surface area contributed by atoms with Crippen molar-refractivity contribution in [3.63, 3.8) is 0 Å². The number of nitrogens with one attached hydrogen (secondary N) is 1. The van der Waals surface area contributed by atoms with Crippen LogP contribution in [0, 0.1) is 17.8 Å². The van der Waals surface area contributed by atoms with Gasteiger partial charge in [0.05, 0.1) is 25.6 Å². The Morgan fingerprint density at radius 1 is 1.34 bits per heavy atom. The van der Waals surface area contributed by atoms with Gasteiger partial charge in [0, 0.05) is 6.54 Å². The molecule has 2 aliphatic rings. The van der Waals surface area contributed by atoms with Gasteiger partial charge in [0.15, 0.2) is 0 Å². The molecule has 1 unspecified atom stereocenters. The zero-order chi connectivity index (χ0) is 21.2. The van der Waals surface area contributed by atoms with Gasteiger partial charge in [-0.2, -0.15) is 0 Å². The number of aliphatic carboxylic acids is 1. The van der Waals surface area contributed by atoms with E-state index in [4.69, 9.17) is 4.74 Å². The number of rotatable bonds is 10. The summed E-state index contributed by atoms with van der Waals surface area (Å²) in [6.07, 6.45) is 2.56. The molecule has 2 fully saturated rings. The summed E-state index contributed by atoms with van der Waals surface area (Å²) in [5.41, 5.74) is 0.511. The lowest BCUT2D eigenvalue weighted by Crippen LogP contribution is -2.56. The molecule has 1 aliphatic carbocycles. The molecular weight excluding hydrogens is 384 g/mol. The number of aromatic nitrogens is 1. The summed E-state index contributed by atoms with van der Waals surface area (Å²) in [5.74, 6) is -4.11. The SMILES string of the molecule is CC(C)CC(CNC(=O)c1ccc(N2CC(F)(F)C2)c(OCC2CC2)n1)C(=O)O. The van der Waals surface area contributed by atoms with Gasteiger partial charge in [0.25, 0.3) is 11.8 Å². The molecule has 29 heavy (non-hydrogen) atoms. The summed E-state index contributed by atoms with van der Waals surface area (Å²) in [6.45, 7) is 3.45. The zero-order valence-corrected chi connectivity index (χ0v) is 16.7. The fraction of sp³-hybridized carbons (Fsp3) is 0.650. The molecule has 3 rings (SSSR count). The first-order valence-electron chi connectivity index (χ1n) is 9.92. The van der Waals surface area contributed by atoms with E-state index < -0.39 is 36.8 Å². The smallest absolute Gasteiger partial charge is 0.308 e. The van der Waals surface area contributed by atoms with E-state index in [0.29, 0.717) is 24.6 Å². The van der Waals surface area contributed by atoms with Crippen molar-refractivity contribution in [2.45, 2.75) is 39.0 Å². The molecule has 160 valence electrons. The van der Waals surface area contributed by atoms with Crippen LogP contribution in [0.15, 0.2) is 12.1 Å². The highest BCUT2D eigenvalue weighted by atomic mass is 19.3. The standard InChI is InChI=1S/C20H27F2N3O4/c1-12(2)7-14(19(27)28)8-23-17(26)15-5-6-16(25-10-20(21,22)11-25)18(24-15)29-9-13-3-4-13/h5-6,12-14H,3-4,7-11H2,1-2H3,(H,23,26)(H,27,28). The van der Waals surface area contributed by atoms with E-state index in [1.807, 2.05) is 13.8 Å². The molecule has 1 aromatic heterocycles. The number of carbonyl (C=O) groups is 2. The second kappa shape index (κ2) is 8.51. The first-order chi connectivity index (χ1) is 13.6. The van der Waals surface area contributed by atoms with Crippen LogP contribution in [-0.4, -0.2) is 54.1 Å². The monoisotopic (exact) mass is 411 g/mol. The minimum absolute atomic E-state index is 0.00755. The first kappa shape index (κ1) is 21.3. The summed E-state index contributed by atoms with van der Waals surface area (Å²) < 4.78 is 32.2. The number of carbonyl (C=O) groups excluding carboxylic acids is 1. The molecule has 2 heterocycles. The quantitative estimate of drug-likeness (QED) is 0.615. The van der Waals surface area contributed by atoms with Crippen molar-refractivity contribution in [3.05, 3.63) is 17.8 Å². The maximum Gasteiger partial charge on any atom is 0.308 e. The maximum atomic E-state index is 13.3. The average Bonchev–Trinajstić information content (AvgIpc) is 3.44. The summed E-state index contributed by atoms with van der Waals surface area (Å²) in [5, 5.41) is 11.9. The van der Waals surface area contributed by atoms with Gasteiger partial charge in [-0.3, -0.25) is 9.59 Å². The van der Waals surface area contributed by atoms with E-state index in [2.05, 4.69) is 10.3 Å². The van der Waals surface area contributed by atoms with Crippen LogP contribution in [0.25, 0.3) is 0 Å². The van der Waals surface area contributed by atoms with Gasteiger partial charge in [-0.25, -0.2) is 13.8 Å².